The molecule has 102 heavy (non-hydrogen) atoms. The highest BCUT2D eigenvalue weighted by Gasteiger charge is 2.30. The van der Waals surface area contributed by atoms with Crippen LogP contribution in [0.2, 0.25) is 0 Å². The van der Waals surface area contributed by atoms with Crippen LogP contribution >= 0.6 is 15.6 Å². The first-order valence-corrected chi connectivity index (χ1v) is 45.2. The van der Waals surface area contributed by atoms with Crippen LogP contribution in [0.15, 0.2) is 24.3 Å². The third kappa shape index (κ3) is 74.4. The Hall–Kier alpha value is -2.46. The summed E-state index contributed by atoms with van der Waals surface area (Å²) in [5.74, 6) is 0.209. The fraction of sp³-hybridized carbons (Fsp3) is 0.904. The van der Waals surface area contributed by atoms with Gasteiger partial charge in [0.25, 0.3) is 0 Å². The largest absolute Gasteiger partial charge is 0.472 e. The third-order valence-corrected chi connectivity index (χ3v) is 21.0. The lowest BCUT2D eigenvalue weighted by atomic mass is 9.99. The zero-order valence-corrected chi connectivity index (χ0v) is 68.4. The molecule has 0 aromatic rings. The Morgan fingerprint density at radius 3 is 0.873 bits per heavy atom. The summed E-state index contributed by atoms with van der Waals surface area (Å²) in [5.41, 5.74) is 0. The lowest BCUT2D eigenvalue weighted by Crippen LogP contribution is -2.30. The molecule has 0 radical (unpaired) electrons. The predicted octanol–water partition coefficient (Wildman–Crippen LogP) is 24.5. The van der Waals surface area contributed by atoms with Gasteiger partial charge in [-0.05, 0) is 69.1 Å². The van der Waals surface area contributed by atoms with Crippen LogP contribution in [0.3, 0.4) is 0 Å². The lowest BCUT2D eigenvalue weighted by molar-refractivity contribution is -0.161. The van der Waals surface area contributed by atoms with Gasteiger partial charge in [-0.25, -0.2) is 9.13 Å². The van der Waals surface area contributed by atoms with Gasteiger partial charge in [-0.15, -0.1) is 0 Å². The number of unbranched alkanes of at least 4 members (excludes halogenated alkanes) is 43. The van der Waals surface area contributed by atoms with Crippen molar-refractivity contribution >= 4 is 39.5 Å². The molecule has 17 nitrogen and oxygen atoms in total. The summed E-state index contributed by atoms with van der Waals surface area (Å²) < 4.78 is 68.7. The van der Waals surface area contributed by atoms with E-state index in [0.717, 1.165) is 121 Å². The Morgan fingerprint density at radius 2 is 0.578 bits per heavy atom. The first-order chi connectivity index (χ1) is 49.3. The van der Waals surface area contributed by atoms with Crippen LogP contribution in [0, 0.1) is 17.8 Å². The van der Waals surface area contributed by atoms with Crippen molar-refractivity contribution in [2.45, 2.75) is 426 Å². The molecule has 0 aliphatic rings. The highest BCUT2D eigenvalue weighted by atomic mass is 31.2. The number of phosphoric acid groups is 2. The summed E-state index contributed by atoms with van der Waals surface area (Å²) in [5, 5.41) is 10.6. The second-order valence-electron chi connectivity index (χ2n) is 30.4. The van der Waals surface area contributed by atoms with Gasteiger partial charge in [-0.2, -0.15) is 0 Å². The average molecular weight is 1490 g/mol. The van der Waals surface area contributed by atoms with Crippen LogP contribution in [-0.2, 0) is 65.4 Å². The van der Waals surface area contributed by atoms with Crippen molar-refractivity contribution in [3.05, 3.63) is 24.3 Å². The van der Waals surface area contributed by atoms with Crippen molar-refractivity contribution in [3.8, 4) is 0 Å². The molecule has 0 saturated heterocycles. The Kier molecular flexibility index (Phi) is 71.0. The van der Waals surface area contributed by atoms with Crippen molar-refractivity contribution in [2.24, 2.45) is 17.8 Å². The van der Waals surface area contributed by atoms with Crippen molar-refractivity contribution < 1.29 is 80.2 Å². The van der Waals surface area contributed by atoms with Crippen LogP contribution in [0.4, 0.5) is 0 Å². The maximum absolute atomic E-state index is 13.1. The predicted molar refractivity (Wildman–Crippen MR) is 418 cm³/mol. The van der Waals surface area contributed by atoms with Gasteiger partial charge in [0.1, 0.15) is 19.3 Å². The summed E-state index contributed by atoms with van der Waals surface area (Å²) in [7, 11) is -9.94. The number of aliphatic hydroxyl groups excluding tert-OH is 1. The van der Waals surface area contributed by atoms with E-state index in [-0.39, 0.29) is 25.7 Å². The summed E-state index contributed by atoms with van der Waals surface area (Å²) in [4.78, 5) is 73.0. The standard InChI is InChI=1S/C83H158O17P2/c1-8-10-11-12-13-14-15-16-21-26-32-37-44-52-59-66-82(87)100-79(71-94-81(86)65-58-51-46-39-41-48-55-62-75(5)6)73-98-102(91,92)96-69-77(84)68-95-101(89,90)97-72-78(99-83(88)67-60-53-45-38-33-28-27-29-34-40-47-54-61-74(3)4)70-93-80(85)64-57-50-43-36-31-25-23-20-18-17-19-22-24-30-35-42-49-56-63-76(7)9-2/h14-16,21,74-79,84H,8-13,17-20,22-73H2,1-7H3,(H,89,90)(H,91,92)/b15-14-,21-16-/t76?,77?,78-,79-/m1/s1. The normalized spacial score (nSPS) is 14.4. The number of phosphoric ester groups is 2. The van der Waals surface area contributed by atoms with E-state index in [1.54, 1.807) is 0 Å². The van der Waals surface area contributed by atoms with E-state index >= 15 is 0 Å². The Labute approximate surface area is 624 Å². The van der Waals surface area contributed by atoms with Crippen molar-refractivity contribution in [1.82, 2.24) is 0 Å². The van der Waals surface area contributed by atoms with Crippen molar-refractivity contribution in [2.75, 3.05) is 39.6 Å². The van der Waals surface area contributed by atoms with Crippen LogP contribution in [-0.4, -0.2) is 96.7 Å². The van der Waals surface area contributed by atoms with E-state index < -0.39 is 97.5 Å². The Bertz CT molecular complexity index is 2070. The van der Waals surface area contributed by atoms with Crippen LogP contribution in [0.5, 0.6) is 0 Å². The molecular weight excluding hydrogens is 1330 g/mol. The van der Waals surface area contributed by atoms with Crippen LogP contribution < -0.4 is 0 Å². The van der Waals surface area contributed by atoms with Gasteiger partial charge in [-0.1, -0.05) is 355 Å². The average Bonchev–Trinajstić information content (AvgIpc) is 0.910. The molecule has 0 aromatic heterocycles. The molecular formula is C83H158O17P2. The van der Waals surface area contributed by atoms with E-state index in [2.05, 4.69) is 72.8 Å². The number of aliphatic hydroxyl groups is 1. The molecule has 0 aliphatic carbocycles. The molecule has 602 valence electrons. The van der Waals surface area contributed by atoms with Crippen molar-refractivity contribution in [1.29, 1.82) is 0 Å². The number of carbonyl (C=O) groups is 4. The molecule has 0 heterocycles. The SMILES string of the molecule is CCCCCC/C=C\C=C/CCCCCCCC(=O)O[C@H](COC(=O)CCCCCCCCCC(C)C)COP(=O)(O)OCC(O)COP(=O)(O)OC[C@@H](COC(=O)CCCCCCCCCCCCCCCCCCCCC(C)CC)OC(=O)CCCCCCCCCCCCCCC(C)C. The first-order valence-electron chi connectivity index (χ1n) is 42.2. The number of allylic oxidation sites excluding steroid dienone is 4. The minimum Gasteiger partial charge on any atom is -0.462 e. The van der Waals surface area contributed by atoms with E-state index in [1.807, 2.05) is 0 Å². The zero-order valence-electron chi connectivity index (χ0n) is 66.6. The summed E-state index contributed by atoms with van der Waals surface area (Å²) in [6.07, 6.45) is 64.8. The number of carbonyl (C=O) groups excluding carboxylic acids is 4. The molecule has 0 rings (SSSR count). The maximum atomic E-state index is 13.1. The highest BCUT2D eigenvalue weighted by molar-refractivity contribution is 7.47. The number of esters is 4. The molecule has 0 fully saturated rings. The van der Waals surface area contributed by atoms with E-state index in [0.29, 0.717) is 31.6 Å². The molecule has 3 N–H and O–H groups in total. The van der Waals surface area contributed by atoms with Gasteiger partial charge in [0.05, 0.1) is 26.4 Å². The van der Waals surface area contributed by atoms with Gasteiger partial charge in [-0.3, -0.25) is 37.3 Å². The van der Waals surface area contributed by atoms with E-state index in [4.69, 9.17) is 37.0 Å². The van der Waals surface area contributed by atoms with Crippen LogP contribution in [0.1, 0.15) is 408 Å². The molecule has 0 bridgehead atoms. The fourth-order valence-electron chi connectivity index (χ4n) is 12.3. The van der Waals surface area contributed by atoms with Gasteiger partial charge in [0, 0.05) is 25.7 Å². The topological polar surface area (TPSA) is 237 Å². The van der Waals surface area contributed by atoms with E-state index in [1.165, 1.54) is 199 Å². The minimum absolute atomic E-state index is 0.0842. The molecule has 0 aliphatic heterocycles. The van der Waals surface area contributed by atoms with Gasteiger partial charge in [0.2, 0.25) is 0 Å². The van der Waals surface area contributed by atoms with Gasteiger partial charge in [0.15, 0.2) is 12.2 Å². The molecule has 6 atom stereocenters. The molecule has 0 amide bonds. The molecule has 0 aromatic carbocycles. The third-order valence-electron chi connectivity index (χ3n) is 19.1. The zero-order chi connectivity index (χ0) is 75.1. The smallest absolute Gasteiger partial charge is 0.462 e. The van der Waals surface area contributed by atoms with Gasteiger partial charge < -0.3 is 33.8 Å². The number of ether oxygens (including phenoxy) is 4. The van der Waals surface area contributed by atoms with Crippen molar-refractivity contribution in [3.63, 3.8) is 0 Å². The monoisotopic (exact) mass is 1490 g/mol. The lowest BCUT2D eigenvalue weighted by Gasteiger charge is -2.21. The second kappa shape index (κ2) is 72.7. The first kappa shape index (κ1) is 99.5. The molecule has 0 spiro atoms. The second-order valence-corrected chi connectivity index (χ2v) is 33.3. The molecule has 19 heteroatoms. The van der Waals surface area contributed by atoms with Crippen LogP contribution in [0.25, 0.3) is 0 Å². The number of hydrogen-bond donors (Lipinski definition) is 3. The maximum Gasteiger partial charge on any atom is 0.472 e. The summed E-state index contributed by atoms with van der Waals surface area (Å²) in [6.45, 7) is 11.9. The number of hydrogen-bond acceptors (Lipinski definition) is 15. The molecule has 4 unspecified atom stereocenters. The van der Waals surface area contributed by atoms with Gasteiger partial charge >= 0.3 is 39.5 Å². The summed E-state index contributed by atoms with van der Waals surface area (Å²) >= 11 is 0. The Morgan fingerprint density at radius 1 is 0.324 bits per heavy atom. The fourth-order valence-corrected chi connectivity index (χ4v) is 13.8. The molecule has 0 saturated carbocycles. The Balaban J connectivity index is 5.23. The number of rotatable bonds is 79. The van der Waals surface area contributed by atoms with E-state index in [9.17, 15) is 43.2 Å². The quantitative estimate of drug-likeness (QED) is 0.0169. The summed E-state index contributed by atoms with van der Waals surface area (Å²) in [6, 6.07) is 0. The minimum atomic E-state index is -4.97. The highest BCUT2D eigenvalue weighted by Crippen LogP contribution is 2.45.